The summed E-state index contributed by atoms with van der Waals surface area (Å²) in [7, 11) is 0. The van der Waals surface area contributed by atoms with Gasteiger partial charge in [-0.1, -0.05) is 48.5 Å². The summed E-state index contributed by atoms with van der Waals surface area (Å²) < 4.78 is 44.2. The van der Waals surface area contributed by atoms with E-state index in [9.17, 15) is 13.2 Å². The van der Waals surface area contributed by atoms with Crippen LogP contribution in [0.4, 0.5) is 13.2 Å². The molecule has 0 unspecified atom stereocenters. The number of hydrogen-bond donors (Lipinski definition) is 1. The summed E-state index contributed by atoms with van der Waals surface area (Å²) in [5, 5.41) is 4.09. The molecule has 5 rings (SSSR count). The monoisotopic (exact) mass is 438 g/mol. The summed E-state index contributed by atoms with van der Waals surface area (Å²) in [5.74, 6) is 1.12. The molecule has 0 amide bonds. The second kappa shape index (κ2) is 8.20. The zero-order chi connectivity index (χ0) is 22.3. The number of nitrogens with zero attached hydrogens (tertiary/aromatic N) is 3. The van der Waals surface area contributed by atoms with Gasteiger partial charge in [0.2, 0.25) is 0 Å². The largest absolute Gasteiger partial charge is 0.435 e. The lowest BCUT2D eigenvalue weighted by molar-refractivity contribution is -0.139. The lowest BCUT2D eigenvalue weighted by Gasteiger charge is -2.23. The molecule has 1 aliphatic rings. The molecule has 0 bridgehead atoms. The zero-order valence-electron chi connectivity index (χ0n) is 17.9. The van der Waals surface area contributed by atoms with Gasteiger partial charge >= 0.3 is 6.18 Å². The fourth-order valence-electron chi connectivity index (χ4n) is 4.76. The van der Waals surface area contributed by atoms with Gasteiger partial charge in [-0.2, -0.15) is 13.2 Å². The number of para-hydroxylation sites is 1. The van der Waals surface area contributed by atoms with Crippen molar-refractivity contribution < 1.29 is 13.2 Å². The number of benzene rings is 2. The minimum Gasteiger partial charge on any atom is -0.323 e. The van der Waals surface area contributed by atoms with E-state index >= 15 is 0 Å². The number of alkyl halides is 3. The van der Waals surface area contributed by atoms with Crippen LogP contribution in [0, 0.1) is 12.8 Å². The maximum absolute atomic E-state index is 14.1. The van der Waals surface area contributed by atoms with Gasteiger partial charge in [0, 0.05) is 17.5 Å². The zero-order valence-corrected chi connectivity index (χ0v) is 17.9. The van der Waals surface area contributed by atoms with Crippen LogP contribution >= 0.6 is 0 Å². The number of aromatic nitrogens is 3. The molecule has 0 atom stereocenters. The van der Waals surface area contributed by atoms with E-state index in [1.165, 1.54) is 0 Å². The Labute approximate surface area is 184 Å². The van der Waals surface area contributed by atoms with Crippen molar-refractivity contribution in [3.8, 4) is 11.4 Å². The van der Waals surface area contributed by atoms with Gasteiger partial charge in [-0.3, -0.25) is 0 Å². The lowest BCUT2D eigenvalue weighted by Crippen LogP contribution is -2.28. The summed E-state index contributed by atoms with van der Waals surface area (Å²) >= 11 is 0. The molecule has 2 aromatic carbocycles. The van der Waals surface area contributed by atoms with E-state index < -0.39 is 11.9 Å². The highest BCUT2D eigenvalue weighted by Gasteiger charge is 2.38. The third kappa shape index (κ3) is 3.75. The SMILES string of the molecule is Cc1cccc2c1nc(C(F)(F)F)c1nc(-c3ccccc3)n(CCC3CCNCC3)c12. The molecule has 4 nitrogen and oxygen atoms in total. The van der Waals surface area contributed by atoms with Crippen LogP contribution in [-0.4, -0.2) is 27.6 Å². The molecule has 32 heavy (non-hydrogen) atoms. The van der Waals surface area contributed by atoms with E-state index in [0.717, 1.165) is 43.5 Å². The van der Waals surface area contributed by atoms with Crippen molar-refractivity contribution in [2.24, 2.45) is 5.92 Å². The van der Waals surface area contributed by atoms with Crippen LogP contribution in [0.2, 0.25) is 0 Å². The number of pyridine rings is 1. The highest BCUT2D eigenvalue weighted by molar-refractivity contribution is 6.05. The van der Waals surface area contributed by atoms with Crippen LogP contribution < -0.4 is 5.32 Å². The Morgan fingerprint density at radius 3 is 2.44 bits per heavy atom. The Morgan fingerprint density at radius 1 is 0.969 bits per heavy atom. The predicted octanol–water partition coefficient (Wildman–Crippen LogP) is 5.97. The Bertz CT molecular complexity index is 1260. The second-order valence-corrected chi connectivity index (χ2v) is 8.56. The average Bonchev–Trinajstić information content (AvgIpc) is 3.18. The molecule has 1 saturated heterocycles. The Kier molecular flexibility index (Phi) is 5.37. The number of imidazole rings is 1. The van der Waals surface area contributed by atoms with Crippen molar-refractivity contribution in [1.29, 1.82) is 0 Å². The molecule has 1 N–H and O–H groups in total. The van der Waals surface area contributed by atoms with E-state index in [-0.39, 0.29) is 5.52 Å². The van der Waals surface area contributed by atoms with Gasteiger partial charge < -0.3 is 9.88 Å². The molecule has 4 aromatic rings. The van der Waals surface area contributed by atoms with E-state index in [2.05, 4.69) is 15.3 Å². The standard InChI is InChI=1S/C25H25F3N4/c1-16-6-5-9-19-20(16)30-23(25(26,27)28)21-22(19)32(15-12-17-10-13-29-14-11-17)24(31-21)18-7-3-2-4-8-18/h2-9,17,29H,10-15H2,1H3. The molecular formula is C25H25F3N4. The van der Waals surface area contributed by atoms with Gasteiger partial charge in [0.15, 0.2) is 5.69 Å². The summed E-state index contributed by atoms with van der Waals surface area (Å²) in [5.41, 5.74) is 1.46. The molecule has 3 heterocycles. The minimum absolute atomic E-state index is 0.0697. The number of nitrogens with one attached hydrogen (secondary N) is 1. The van der Waals surface area contributed by atoms with Gasteiger partial charge in [-0.15, -0.1) is 0 Å². The van der Waals surface area contributed by atoms with E-state index in [1.807, 2.05) is 47.0 Å². The molecule has 166 valence electrons. The first-order chi connectivity index (χ1) is 15.4. The van der Waals surface area contributed by atoms with Crippen LogP contribution in [-0.2, 0) is 12.7 Å². The smallest absolute Gasteiger partial charge is 0.323 e. The van der Waals surface area contributed by atoms with Crippen LogP contribution in [0.3, 0.4) is 0 Å². The van der Waals surface area contributed by atoms with Gasteiger partial charge in [0.25, 0.3) is 0 Å². The highest BCUT2D eigenvalue weighted by Crippen LogP contribution is 2.39. The topological polar surface area (TPSA) is 42.7 Å². The minimum atomic E-state index is -4.59. The number of piperidine rings is 1. The molecular weight excluding hydrogens is 413 g/mol. The lowest BCUT2D eigenvalue weighted by atomic mass is 9.94. The molecule has 1 fully saturated rings. The molecule has 0 spiro atoms. The maximum atomic E-state index is 14.1. The van der Waals surface area contributed by atoms with Crippen molar-refractivity contribution in [3.63, 3.8) is 0 Å². The van der Waals surface area contributed by atoms with Gasteiger partial charge in [0.1, 0.15) is 11.3 Å². The van der Waals surface area contributed by atoms with Crippen molar-refractivity contribution >= 4 is 21.9 Å². The Morgan fingerprint density at radius 2 is 1.72 bits per heavy atom. The molecule has 2 aromatic heterocycles. The number of hydrogen-bond acceptors (Lipinski definition) is 3. The number of rotatable bonds is 4. The molecule has 0 saturated carbocycles. The van der Waals surface area contributed by atoms with Gasteiger partial charge in [-0.25, -0.2) is 9.97 Å². The fraction of sp³-hybridized carbons (Fsp3) is 0.360. The Balaban J connectivity index is 1.78. The van der Waals surface area contributed by atoms with Crippen LogP contribution in [0.15, 0.2) is 48.5 Å². The third-order valence-corrected chi connectivity index (χ3v) is 6.43. The van der Waals surface area contributed by atoms with E-state index in [1.54, 1.807) is 13.0 Å². The van der Waals surface area contributed by atoms with Crippen LogP contribution in [0.1, 0.15) is 30.5 Å². The highest BCUT2D eigenvalue weighted by atomic mass is 19.4. The molecule has 0 radical (unpaired) electrons. The predicted molar refractivity (Wildman–Crippen MR) is 120 cm³/mol. The number of halogens is 3. The normalized spacial score (nSPS) is 15.6. The van der Waals surface area contributed by atoms with Crippen LogP contribution in [0.5, 0.6) is 0 Å². The fourth-order valence-corrected chi connectivity index (χ4v) is 4.76. The van der Waals surface area contributed by atoms with Gasteiger partial charge in [-0.05, 0) is 50.8 Å². The summed E-state index contributed by atoms with van der Waals surface area (Å²) in [6.45, 7) is 4.40. The summed E-state index contributed by atoms with van der Waals surface area (Å²) in [6, 6.07) is 15.0. The first kappa shape index (κ1) is 20.9. The number of fused-ring (bicyclic) bond motifs is 3. The summed E-state index contributed by atoms with van der Waals surface area (Å²) in [6.07, 6.45) is -1.51. The van der Waals surface area contributed by atoms with E-state index in [0.29, 0.717) is 34.7 Å². The molecule has 0 aliphatic carbocycles. The van der Waals surface area contributed by atoms with Crippen molar-refractivity contribution in [2.75, 3.05) is 13.1 Å². The number of aryl methyl sites for hydroxylation is 2. The van der Waals surface area contributed by atoms with E-state index in [4.69, 9.17) is 0 Å². The molecule has 1 aliphatic heterocycles. The van der Waals surface area contributed by atoms with Crippen molar-refractivity contribution in [3.05, 3.63) is 59.8 Å². The van der Waals surface area contributed by atoms with Crippen molar-refractivity contribution in [1.82, 2.24) is 19.9 Å². The summed E-state index contributed by atoms with van der Waals surface area (Å²) in [4.78, 5) is 8.62. The van der Waals surface area contributed by atoms with Crippen molar-refractivity contribution in [2.45, 2.75) is 38.9 Å². The van der Waals surface area contributed by atoms with Gasteiger partial charge in [0.05, 0.1) is 11.0 Å². The second-order valence-electron chi connectivity index (χ2n) is 8.56. The average molecular weight is 438 g/mol. The quantitative estimate of drug-likeness (QED) is 0.427. The first-order valence-corrected chi connectivity index (χ1v) is 11.1. The third-order valence-electron chi connectivity index (χ3n) is 6.43. The Hall–Kier alpha value is -2.93. The molecule has 7 heteroatoms. The van der Waals surface area contributed by atoms with Crippen LogP contribution in [0.25, 0.3) is 33.3 Å². The first-order valence-electron chi connectivity index (χ1n) is 11.1. The maximum Gasteiger partial charge on any atom is 0.435 e.